The zero-order valence-electron chi connectivity index (χ0n) is 10.7. The van der Waals surface area contributed by atoms with E-state index in [4.69, 9.17) is 5.26 Å². The molecule has 1 aromatic rings. The number of pyridine rings is 1. The highest BCUT2D eigenvalue weighted by atomic mass is 15.3. The topological polar surface area (TPSA) is 67.0 Å². The van der Waals surface area contributed by atoms with Crippen molar-refractivity contribution in [1.29, 1.82) is 10.5 Å². The Morgan fingerprint density at radius 1 is 1.26 bits per heavy atom. The minimum absolute atomic E-state index is 0.0686. The first kappa shape index (κ1) is 12.0. The van der Waals surface area contributed by atoms with Gasteiger partial charge in [0, 0.05) is 38.1 Å². The molecule has 0 spiro atoms. The van der Waals surface area contributed by atoms with Gasteiger partial charge in [-0.25, -0.2) is 0 Å². The molecule has 5 nitrogen and oxygen atoms in total. The van der Waals surface area contributed by atoms with Gasteiger partial charge in [-0.1, -0.05) is 0 Å². The van der Waals surface area contributed by atoms with E-state index in [1.807, 2.05) is 6.07 Å². The van der Waals surface area contributed by atoms with Gasteiger partial charge in [0.15, 0.2) is 0 Å². The molecule has 1 aromatic heterocycles. The van der Waals surface area contributed by atoms with Gasteiger partial charge in [0.25, 0.3) is 0 Å². The van der Waals surface area contributed by atoms with Crippen LogP contribution < -0.4 is 4.90 Å². The molecule has 1 atom stereocenters. The molecule has 0 radical (unpaired) electrons. The van der Waals surface area contributed by atoms with Crippen molar-refractivity contribution in [3.63, 3.8) is 0 Å². The summed E-state index contributed by atoms with van der Waals surface area (Å²) in [4.78, 5) is 8.42. The lowest BCUT2D eigenvalue weighted by Crippen LogP contribution is -2.53. The smallest absolute Gasteiger partial charge is 0.116 e. The number of rotatable bonds is 2. The standard InChI is InChI=1S/C14H15N5/c15-7-11-9-17-4-3-14(11)18-5-6-19(12-1-2-12)13(8-16)10-18/h3-4,9,12-13H,1-2,5-6,10H2. The molecule has 0 aromatic carbocycles. The van der Waals surface area contributed by atoms with Crippen LogP contribution in [0.2, 0.25) is 0 Å². The Kier molecular flexibility index (Phi) is 3.06. The molecule has 19 heavy (non-hydrogen) atoms. The summed E-state index contributed by atoms with van der Waals surface area (Å²) < 4.78 is 0. The summed E-state index contributed by atoms with van der Waals surface area (Å²) in [7, 11) is 0. The zero-order chi connectivity index (χ0) is 13.2. The molecular weight excluding hydrogens is 238 g/mol. The monoisotopic (exact) mass is 253 g/mol. The van der Waals surface area contributed by atoms with Crippen LogP contribution in [0.25, 0.3) is 0 Å². The van der Waals surface area contributed by atoms with Crippen molar-refractivity contribution in [3.8, 4) is 12.1 Å². The lowest BCUT2D eigenvalue weighted by Gasteiger charge is -2.39. The van der Waals surface area contributed by atoms with Gasteiger partial charge in [0.2, 0.25) is 0 Å². The van der Waals surface area contributed by atoms with Crippen LogP contribution in [0.15, 0.2) is 18.5 Å². The van der Waals surface area contributed by atoms with Crippen molar-refractivity contribution >= 4 is 5.69 Å². The maximum Gasteiger partial charge on any atom is 0.116 e. The predicted octanol–water partition coefficient (Wildman–Crippen LogP) is 1.13. The van der Waals surface area contributed by atoms with Gasteiger partial charge in [-0.3, -0.25) is 9.88 Å². The third-order valence-corrected chi connectivity index (χ3v) is 3.85. The quantitative estimate of drug-likeness (QED) is 0.790. The van der Waals surface area contributed by atoms with E-state index >= 15 is 0 Å². The molecule has 0 N–H and O–H groups in total. The van der Waals surface area contributed by atoms with Crippen LogP contribution in [0, 0.1) is 22.7 Å². The SMILES string of the molecule is N#Cc1cnccc1N1CCN(C2CC2)C(C#N)C1. The molecule has 2 fully saturated rings. The Morgan fingerprint density at radius 3 is 2.79 bits per heavy atom. The Morgan fingerprint density at radius 2 is 2.11 bits per heavy atom. The van der Waals surface area contributed by atoms with E-state index in [2.05, 4.69) is 26.9 Å². The number of hydrogen-bond acceptors (Lipinski definition) is 5. The van der Waals surface area contributed by atoms with Gasteiger partial charge < -0.3 is 4.90 Å². The highest BCUT2D eigenvalue weighted by molar-refractivity contribution is 5.58. The van der Waals surface area contributed by atoms with Crippen LogP contribution in [0.4, 0.5) is 5.69 Å². The second kappa shape index (κ2) is 4.87. The van der Waals surface area contributed by atoms with Crippen LogP contribution in [0.3, 0.4) is 0 Å². The number of anilines is 1. The molecule has 5 heteroatoms. The predicted molar refractivity (Wildman–Crippen MR) is 70.3 cm³/mol. The van der Waals surface area contributed by atoms with Crippen molar-refractivity contribution in [3.05, 3.63) is 24.0 Å². The van der Waals surface area contributed by atoms with E-state index in [0.717, 1.165) is 18.8 Å². The number of piperazine rings is 1. The average Bonchev–Trinajstić information content (AvgIpc) is 3.31. The Balaban J connectivity index is 1.80. The minimum atomic E-state index is -0.0686. The largest absolute Gasteiger partial charge is 0.366 e. The number of nitrogens with zero attached hydrogens (tertiary/aromatic N) is 5. The van der Waals surface area contributed by atoms with E-state index in [-0.39, 0.29) is 6.04 Å². The summed E-state index contributed by atoms with van der Waals surface area (Å²) >= 11 is 0. The molecule has 2 heterocycles. The van der Waals surface area contributed by atoms with Crippen LogP contribution in [-0.4, -0.2) is 41.6 Å². The van der Waals surface area contributed by atoms with Gasteiger partial charge in [-0.05, 0) is 18.9 Å². The Hall–Kier alpha value is -2.11. The second-order valence-electron chi connectivity index (χ2n) is 5.06. The Labute approximate surface area is 112 Å². The second-order valence-corrected chi connectivity index (χ2v) is 5.06. The van der Waals surface area contributed by atoms with Crippen molar-refractivity contribution in [1.82, 2.24) is 9.88 Å². The fourth-order valence-electron chi connectivity index (χ4n) is 2.72. The summed E-state index contributed by atoms with van der Waals surface area (Å²) in [6.45, 7) is 2.44. The van der Waals surface area contributed by atoms with Gasteiger partial charge in [-0.2, -0.15) is 10.5 Å². The molecule has 0 amide bonds. The molecule has 96 valence electrons. The van der Waals surface area contributed by atoms with Crippen LogP contribution >= 0.6 is 0 Å². The normalized spacial score (nSPS) is 23.7. The third-order valence-electron chi connectivity index (χ3n) is 3.85. The summed E-state index contributed by atoms with van der Waals surface area (Å²) in [5, 5.41) is 18.5. The third kappa shape index (κ3) is 2.25. The summed E-state index contributed by atoms with van der Waals surface area (Å²) in [5.74, 6) is 0. The summed E-state index contributed by atoms with van der Waals surface area (Å²) in [6, 6.07) is 6.97. The fraction of sp³-hybridized carbons (Fsp3) is 0.500. The highest BCUT2D eigenvalue weighted by Gasteiger charge is 2.37. The van der Waals surface area contributed by atoms with E-state index < -0.39 is 0 Å². The molecule has 1 saturated carbocycles. The van der Waals surface area contributed by atoms with E-state index in [1.165, 1.54) is 12.8 Å². The van der Waals surface area contributed by atoms with Crippen molar-refractivity contribution in [2.75, 3.05) is 24.5 Å². The fourth-order valence-corrected chi connectivity index (χ4v) is 2.72. The molecule has 3 rings (SSSR count). The van der Waals surface area contributed by atoms with E-state index in [0.29, 0.717) is 18.2 Å². The molecular formula is C14H15N5. The van der Waals surface area contributed by atoms with Gasteiger partial charge >= 0.3 is 0 Å². The zero-order valence-corrected chi connectivity index (χ0v) is 10.7. The first-order valence-corrected chi connectivity index (χ1v) is 6.58. The van der Waals surface area contributed by atoms with Crippen molar-refractivity contribution in [2.45, 2.75) is 24.9 Å². The first-order valence-electron chi connectivity index (χ1n) is 6.58. The number of nitriles is 2. The molecule has 1 aliphatic carbocycles. The summed E-state index contributed by atoms with van der Waals surface area (Å²) in [6.07, 6.45) is 5.72. The molecule has 2 aliphatic rings. The van der Waals surface area contributed by atoms with Crippen LogP contribution in [0.1, 0.15) is 18.4 Å². The van der Waals surface area contributed by atoms with Crippen molar-refractivity contribution < 1.29 is 0 Å². The first-order chi connectivity index (χ1) is 9.33. The minimum Gasteiger partial charge on any atom is -0.366 e. The highest BCUT2D eigenvalue weighted by Crippen LogP contribution is 2.31. The lowest BCUT2D eigenvalue weighted by molar-refractivity contribution is 0.204. The van der Waals surface area contributed by atoms with E-state index in [1.54, 1.807) is 12.4 Å². The lowest BCUT2D eigenvalue weighted by atomic mass is 10.1. The molecule has 1 saturated heterocycles. The van der Waals surface area contributed by atoms with Gasteiger partial charge in [-0.15, -0.1) is 0 Å². The molecule has 0 bridgehead atoms. The maximum atomic E-state index is 9.33. The Bertz CT molecular complexity index is 552. The van der Waals surface area contributed by atoms with Crippen LogP contribution in [-0.2, 0) is 0 Å². The molecule has 1 aliphatic heterocycles. The van der Waals surface area contributed by atoms with Crippen molar-refractivity contribution in [2.24, 2.45) is 0 Å². The number of aromatic nitrogens is 1. The van der Waals surface area contributed by atoms with Gasteiger partial charge in [0.1, 0.15) is 12.1 Å². The number of hydrogen-bond donors (Lipinski definition) is 0. The average molecular weight is 253 g/mol. The maximum absolute atomic E-state index is 9.33. The molecule has 1 unspecified atom stereocenters. The van der Waals surface area contributed by atoms with E-state index in [9.17, 15) is 5.26 Å². The van der Waals surface area contributed by atoms with Crippen LogP contribution in [0.5, 0.6) is 0 Å². The van der Waals surface area contributed by atoms with Gasteiger partial charge in [0.05, 0.1) is 17.3 Å². The summed E-state index contributed by atoms with van der Waals surface area (Å²) in [5.41, 5.74) is 1.48.